The number of aliphatic hydroxyl groups is 1. The SMILES string of the molecule is COc1cccc(N2C[C@H](C(=O)NC[C@@](C)(O)C3CC3)CC2=O)c1. The number of rotatable bonds is 6. The Morgan fingerprint density at radius 3 is 2.88 bits per heavy atom. The second kappa shape index (κ2) is 6.43. The van der Waals surface area contributed by atoms with Gasteiger partial charge in [0.2, 0.25) is 11.8 Å². The first kappa shape index (κ1) is 16.8. The zero-order chi connectivity index (χ0) is 17.3. The summed E-state index contributed by atoms with van der Waals surface area (Å²) in [5, 5.41) is 13.1. The van der Waals surface area contributed by atoms with Crippen molar-refractivity contribution in [3.8, 4) is 5.75 Å². The number of carbonyl (C=O) groups excluding carboxylic acids is 2. The van der Waals surface area contributed by atoms with E-state index in [-0.39, 0.29) is 30.7 Å². The topological polar surface area (TPSA) is 78.9 Å². The van der Waals surface area contributed by atoms with Gasteiger partial charge in [-0.2, -0.15) is 0 Å². The van der Waals surface area contributed by atoms with E-state index in [4.69, 9.17) is 4.74 Å². The molecule has 6 nitrogen and oxygen atoms in total. The lowest BCUT2D eigenvalue weighted by molar-refractivity contribution is -0.127. The summed E-state index contributed by atoms with van der Waals surface area (Å²) in [5.41, 5.74) is -0.121. The molecule has 2 atom stereocenters. The van der Waals surface area contributed by atoms with E-state index in [1.807, 2.05) is 18.2 Å². The molecule has 1 heterocycles. The van der Waals surface area contributed by atoms with Crippen LogP contribution in [0.25, 0.3) is 0 Å². The minimum atomic E-state index is -0.856. The molecule has 0 bridgehead atoms. The van der Waals surface area contributed by atoms with Crippen LogP contribution in [-0.4, -0.2) is 42.7 Å². The molecule has 3 rings (SSSR count). The first-order valence-corrected chi connectivity index (χ1v) is 8.35. The predicted molar refractivity (Wildman–Crippen MR) is 89.8 cm³/mol. The third-order valence-electron chi connectivity index (χ3n) is 4.94. The van der Waals surface area contributed by atoms with Gasteiger partial charge < -0.3 is 20.1 Å². The smallest absolute Gasteiger partial charge is 0.227 e. The fraction of sp³-hybridized carbons (Fsp3) is 0.556. The lowest BCUT2D eigenvalue weighted by Crippen LogP contribution is -2.44. The van der Waals surface area contributed by atoms with Crippen molar-refractivity contribution in [2.75, 3.05) is 25.1 Å². The fourth-order valence-corrected chi connectivity index (χ4v) is 3.17. The molecule has 2 amide bonds. The van der Waals surface area contributed by atoms with Crippen LogP contribution in [0.3, 0.4) is 0 Å². The van der Waals surface area contributed by atoms with Crippen LogP contribution in [0, 0.1) is 11.8 Å². The number of ether oxygens (including phenoxy) is 1. The second-order valence-electron chi connectivity index (χ2n) is 6.96. The molecule has 6 heteroatoms. The average molecular weight is 332 g/mol. The van der Waals surface area contributed by atoms with E-state index in [1.54, 1.807) is 25.0 Å². The molecular formula is C18H24N2O4. The molecule has 1 aliphatic carbocycles. The molecule has 0 unspecified atom stereocenters. The molecule has 1 saturated heterocycles. The number of hydrogen-bond acceptors (Lipinski definition) is 4. The van der Waals surface area contributed by atoms with Crippen molar-refractivity contribution in [3.05, 3.63) is 24.3 Å². The summed E-state index contributed by atoms with van der Waals surface area (Å²) < 4.78 is 5.18. The van der Waals surface area contributed by atoms with Gasteiger partial charge in [-0.3, -0.25) is 9.59 Å². The van der Waals surface area contributed by atoms with Gasteiger partial charge in [0, 0.05) is 31.3 Å². The highest BCUT2D eigenvalue weighted by Gasteiger charge is 2.41. The van der Waals surface area contributed by atoms with E-state index >= 15 is 0 Å². The van der Waals surface area contributed by atoms with Crippen LogP contribution in [0.5, 0.6) is 5.75 Å². The monoisotopic (exact) mass is 332 g/mol. The molecule has 0 aromatic heterocycles. The van der Waals surface area contributed by atoms with Gasteiger partial charge >= 0.3 is 0 Å². The maximum atomic E-state index is 12.4. The van der Waals surface area contributed by atoms with E-state index in [9.17, 15) is 14.7 Å². The van der Waals surface area contributed by atoms with Crippen molar-refractivity contribution in [2.45, 2.75) is 31.8 Å². The van der Waals surface area contributed by atoms with Crippen LogP contribution in [0.1, 0.15) is 26.2 Å². The van der Waals surface area contributed by atoms with Crippen LogP contribution in [0.15, 0.2) is 24.3 Å². The molecule has 130 valence electrons. The second-order valence-corrected chi connectivity index (χ2v) is 6.96. The number of amides is 2. The molecule has 0 radical (unpaired) electrons. The molecule has 1 aromatic carbocycles. The first-order valence-electron chi connectivity index (χ1n) is 8.35. The van der Waals surface area contributed by atoms with Gasteiger partial charge in [-0.15, -0.1) is 0 Å². The summed E-state index contributed by atoms with van der Waals surface area (Å²) in [5.74, 6) is 0.315. The molecule has 1 saturated carbocycles. The highest BCUT2D eigenvalue weighted by molar-refractivity contribution is 6.00. The molecule has 2 fully saturated rings. The zero-order valence-electron chi connectivity index (χ0n) is 14.1. The summed E-state index contributed by atoms with van der Waals surface area (Å²) in [6, 6.07) is 7.25. The van der Waals surface area contributed by atoms with Crippen LogP contribution in [-0.2, 0) is 9.59 Å². The van der Waals surface area contributed by atoms with Crippen LogP contribution < -0.4 is 15.0 Å². The van der Waals surface area contributed by atoms with Gasteiger partial charge in [0.05, 0.1) is 18.6 Å². The Balaban J connectivity index is 1.60. The standard InChI is InChI=1S/C18H24N2O4/c1-18(23,13-6-7-13)11-19-17(22)12-8-16(21)20(10-12)14-4-3-5-15(9-14)24-2/h3-5,9,12-13,23H,6-8,10-11H2,1-2H3,(H,19,22)/t12-,18-/m1/s1. The molecule has 1 aromatic rings. The van der Waals surface area contributed by atoms with E-state index in [2.05, 4.69) is 5.32 Å². The van der Waals surface area contributed by atoms with Crippen LogP contribution >= 0.6 is 0 Å². The van der Waals surface area contributed by atoms with Crippen molar-refractivity contribution < 1.29 is 19.4 Å². The van der Waals surface area contributed by atoms with E-state index in [0.717, 1.165) is 18.5 Å². The minimum Gasteiger partial charge on any atom is -0.497 e. The quantitative estimate of drug-likeness (QED) is 0.824. The Morgan fingerprint density at radius 2 is 2.21 bits per heavy atom. The lowest BCUT2D eigenvalue weighted by atomic mass is 10.00. The number of nitrogens with zero attached hydrogens (tertiary/aromatic N) is 1. The van der Waals surface area contributed by atoms with E-state index in [0.29, 0.717) is 12.3 Å². The molecule has 1 aliphatic heterocycles. The first-order chi connectivity index (χ1) is 11.4. The number of hydrogen-bond donors (Lipinski definition) is 2. The van der Waals surface area contributed by atoms with Crippen molar-refractivity contribution >= 4 is 17.5 Å². The Kier molecular flexibility index (Phi) is 4.49. The number of anilines is 1. The lowest BCUT2D eigenvalue weighted by Gasteiger charge is -2.24. The number of nitrogens with one attached hydrogen (secondary N) is 1. The fourth-order valence-electron chi connectivity index (χ4n) is 3.17. The molecule has 2 N–H and O–H groups in total. The molecule has 0 spiro atoms. The van der Waals surface area contributed by atoms with Gasteiger partial charge in [-0.05, 0) is 37.8 Å². The molecule has 24 heavy (non-hydrogen) atoms. The summed E-state index contributed by atoms with van der Waals surface area (Å²) in [4.78, 5) is 26.2. The van der Waals surface area contributed by atoms with Crippen LogP contribution in [0.4, 0.5) is 5.69 Å². The minimum absolute atomic E-state index is 0.0719. The molecular weight excluding hydrogens is 308 g/mol. The zero-order valence-corrected chi connectivity index (χ0v) is 14.1. The van der Waals surface area contributed by atoms with Crippen molar-refractivity contribution in [2.24, 2.45) is 11.8 Å². The summed E-state index contributed by atoms with van der Waals surface area (Å²) in [7, 11) is 1.58. The normalized spacial score (nSPS) is 23.0. The number of methoxy groups -OCH3 is 1. The number of carbonyl (C=O) groups is 2. The van der Waals surface area contributed by atoms with Gasteiger partial charge in [-0.1, -0.05) is 6.07 Å². The van der Waals surface area contributed by atoms with Gasteiger partial charge in [0.15, 0.2) is 0 Å². The van der Waals surface area contributed by atoms with E-state index < -0.39 is 11.5 Å². The largest absolute Gasteiger partial charge is 0.497 e. The Morgan fingerprint density at radius 1 is 1.46 bits per heavy atom. The Bertz CT molecular complexity index is 640. The average Bonchev–Trinajstić information content (AvgIpc) is 3.36. The van der Waals surface area contributed by atoms with Crippen molar-refractivity contribution in [1.29, 1.82) is 0 Å². The molecule has 2 aliphatic rings. The Hall–Kier alpha value is -2.08. The van der Waals surface area contributed by atoms with Crippen molar-refractivity contribution in [3.63, 3.8) is 0 Å². The number of benzene rings is 1. The van der Waals surface area contributed by atoms with Crippen molar-refractivity contribution in [1.82, 2.24) is 5.32 Å². The summed E-state index contributed by atoms with van der Waals surface area (Å²) in [6.45, 7) is 2.34. The third-order valence-corrected chi connectivity index (χ3v) is 4.94. The van der Waals surface area contributed by atoms with Gasteiger partial charge in [-0.25, -0.2) is 0 Å². The summed E-state index contributed by atoms with van der Waals surface area (Å²) in [6.07, 6.45) is 2.21. The van der Waals surface area contributed by atoms with Gasteiger partial charge in [0.25, 0.3) is 0 Å². The highest BCUT2D eigenvalue weighted by atomic mass is 16.5. The summed E-state index contributed by atoms with van der Waals surface area (Å²) >= 11 is 0. The Labute approximate surface area is 141 Å². The predicted octanol–water partition coefficient (Wildman–Crippen LogP) is 1.33. The van der Waals surface area contributed by atoms with Gasteiger partial charge in [0.1, 0.15) is 5.75 Å². The van der Waals surface area contributed by atoms with E-state index in [1.165, 1.54) is 0 Å². The van der Waals surface area contributed by atoms with Crippen LogP contribution in [0.2, 0.25) is 0 Å². The third kappa shape index (κ3) is 3.53. The maximum Gasteiger partial charge on any atom is 0.227 e. The highest BCUT2D eigenvalue weighted by Crippen LogP contribution is 2.39. The maximum absolute atomic E-state index is 12.4.